The van der Waals surface area contributed by atoms with Crippen LogP contribution in [0.2, 0.25) is 0 Å². The largest absolute Gasteiger partial charge is 0.466 e. The van der Waals surface area contributed by atoms with E-state index < -0.39 is 0 Å². The van der Waals surface area contributed by atoms with Gasteiger partial charge in [0, 0.05) is 17.8 Å². The molecule has 0 aromatic carbocycles. The molecule has 0 spiro atoms. The third-order valence-corrected chi connectivity index (χ3v) is 4.70. The summed E-state index contributed by atoms with van der Waals surface area (Å²) >= 11 is 1.65. The molecule has 1 fully saturated rings. The highest BCUT2D eigenvalue weighted by Gasteiger charge is 2.13. The van der Waals surface area contributed by atoms with Crippen LogP contribution in [0.1, 0.15) is 64.0 Å². The van der Waals surface area contributed by atoms with Crippen LogP contribution < -0.4 is 5.32 Å². The predicted molar refractivity (Wildman–Crippen MR) is 86.8 cm³/mol. The lowest BCUT2D eigenvalue weighted by molar-refractivity contribution is -0.143. The number of aryl methyl sites for hydroxylation is 1. The number of carbonyl (C=O) groups excluding carboxylic acids is 1. The zero-order valence-electron chi connectivity index (χ0n) is 12.9. The average Bonchev–Trinajstić information content (AvgIpc) is 2.87. The van der Waals surface area contributed by atoms with Crippen LogP contribution in [0.25, 0.3) is 0 Å². The molecule has 0 bridgehead atoms. The summed E-state index contributed by atoms with van der Waals surface area (Å²) in [6, 6.07) is 0.564. The number of anilines is 1. The number of hydrogen-bond acceptors (Lipinski definition) is 5. The number of esters is 1. The molecule has 2 rings (SSSR count). The molecular formula is C16H26N2O2S. The van der Waals surface area contributed by atoms with Gasteiger partial charge in [-0.3, -0.25) is 4.79 Å². The minimum absolute atomic E-state index is 0.139. The molecule has 21 heavy (non-hydrogen) atoms. The quantitative estimate of drug-likeness (QED) is 0.801. The fourth-order valence-corrected chi connectivity index (χ4v) is 3.55. The number of rotatable bonds is 6. The molecule has 0 amide bonds. The number of aromatic nitrogens is 1. The molecule has 1 aliphatic rings. The number of nitrogens with one attached hydrogen (secondary N) is 1. The Kier molecular flexibility index (Phi) is 7.00. The zero-order chi connectivity index (χ0) is 14.9. The molecule has 1 aromatic rings. The number of ether oxygens (including phenoxy) is 1. The second-order valence-corrected chi connectivity index (χ2v) is 6.49. The van der Waals surface area contributed by atoms with Gasteiger partial charge in [-0.2, -0.15) is 0 Å². The minimum atomic E-state index is -0.139. The minimum Gasteiger partial charge on any atom is -0.466 e. The van der Waals surface area contributed by atoms with E-state index in [1.54, 1.807) is 11.3 Å². The van der Waals surface area contributed by atoms with E-state index in [9.17, 15) is 4.79 Å². The Morgan fingerprint density at radius 3 is 2.76 bits per heavy atom. The lowest BCUT2D eigenvalue weighted by atomic mass is 9.97. The van der Waals surface area contributed by atoms with Crippen molar-refractivity contribution in [1.29, 1.82) is 0 Å². The predicted octanol–water partition coefficient (Wildman–Crippen LogP) is 4.16. The number of thiazole rings is 1. The van der Waals surface area contributed by atoms with Crippen LogP contribution in [0.4, 0.5) is 5.13 Å². The molecule has 0 saturated heterocycles. The summed E-state index contributed by atoms with van der Waals surface area (Å²) < 4.78 is 4.94. The second kappa shape index (κ2) is 9.03. The van der Waals surface area contributed by atoms with Gasteiger partial charge in [-0.1, -0.05) is 32.1 Å². The van der Waals surface area contributed by atoms with E-state index in [0.717, 1.165) is 10.8 Å². The zero-order valence-corrected chi connectivity index (χ0v) is 13.7. The van der Waals surface area contributed by atoms with Crippen molar-refractivity contribution in [3.63, 3.8) is 0 Å². The summed E-state index contributed by atoms with van der Waals surface area (Å²) in [5, 5.41) is 6.62. The van der Waals surface area contributed by atoms with Crippen molar-refractivity contribution < 1.29 is 9.53 Å². The summed E-state index contributed by atoms with van der Waals surface area (Å²) in [5.41, 5.74) is 0.987. The Balaban J connectivity index is 1.77. The first-order valence-corrected chi connectivity index (χ1v) is 9.02. The SMILES string of the molecule is CCOC(=O)CCc1csc(NC2CCCCCCC2)n1. The van der Waals surface area contributed by atoms with E-state index in [1.165, 1.54) is 44.9 Å². The van der Waals surface area contributed by atoms with Crippen LogP contribution in [0.3, 0.4) is 0 Å². The smallest absolute Gasteiger partial charge is 0.306 e. The van der Waals surface area contributed by atoms with Gasteiger partial charge in [-0.15, -0.1) is 11.3 Å². The fourth-order valence-electron chi connectivity index (χ4n) is 2.73. The lowest BCUT2D eigenvalue weighted by Gasteiger charge is -2.20. The first-order chi connectivity index (χ1) is 10.3. The maximum Gasteiger partial charge on any atom is 0.306 e. The van der Waals surface area contributed by atoms with Crippen molar-refractivity contribution >= 4 is 22.4 Å². The van der Waals surface area contributed by atoms with Crippen LogP contribution >= 0.6 is 11.3 Å². The maximum atomic E-state index is 11.3. The Bertz CT molecular complexity index is 426. The molecular weight excluding hydrogens is 284 g/mol. The van der Waals surface area contributed by atoms with Crippen LogP contribution in [-0.2, 0) is 16.0 Å². The van der Waals surface area contributed by atoms with Gasteiger partial charge in [-0.05, 0) is 19.8 Å². The van der Waals surface area contributed by atoms with E-state index in [0.29, 0.717) is 25.5 Å². The second-order valence-electron chi connectivity index (χ2n) is 5.64. The fraction of sp³-hybridized carbons (Fsp3) is 0.750. The molecule has 0 atom stereocenters. The van der Waals surface area contributed by atoms with Crippen LogP contribution in [0.5, 0.6) is 0 Å². The van der Waals surface area contributed by atoms with Gasteiger partial charge in [0.05, 0.1) is 18.7 Å². The highest BCUT2D eigenvalue weighted by molar-refractivity contribution is 7.13. The summed E-state index contributed by atoms with van der Waals surface area (Å²) in [7, 11) is 0. The van der Waals surface area contributed by atoms with Gasteiger partial charge < -0.3 is 10.1 Å². The van der Waals surface area contributed by atoms with Gasteiger partial charge in [0.25, 0.3) is 0 Å². The summed E-state index contributed by atoms with van der Waals surface area (Å²) in [6.45, 7) is 2.28. The maximum absolute atomic E-state index is 11.3. The molecule has 1 heterocycles. The van der Waals surface area contributed by atoms with Crippen molar-refractivity contribution in [2.24, 2.45) is 0 Å². The summed E-state index contributed by atoms with van der Waals surface area (Å²) in [4.78, 5) is 15.9. The highest BCUT2D eigenvalue weighted by Crippen LogP contribution is 2.23. The van der Waals surface area contributed by atoms with Crippen LogP contribution in [0, 0.1) is 0 Å². The lowest BCUT2D eigenvalue weighted by Crippen LogP contribution is -2.20. The van der Waals surface area contributed by atoms with E-state index >= 15 is 0 Å². The number of carbonyl (C=O) groups is 1. The molecule has 1 N–H and O–H groups in total. The van der Waals surface area contributed by atoms with E-state index in [1.807, 2.05) is 12.3 Å². The van der Waals surface area contributed by atoms with Gasteiger partial charge in [0.1, 0.15) is 0 Å². The topological polar surface area (TPSA) is 51.2 Å². The Morgan fingerprint density at radius 2 is 2.05 bits per heavy atom. The third-order valence-electron chi connectivity index (χ3n) is 3.88. The first kappa shape index (κ1) is 16.3. The van der Waals surface area contributed by atoms with Crippen molar-refractivity contribution in [2.45, 2.75) is 70.8 Å². The van der Waals surface area contributed by atoms with Crippen molar-refractivity contribution in [2.75, 3.05) is 11.9 Å². The standard InChI is InChI=1S/C16H26N2O2S/c1-2-20-15(19)11-10-14-12-21-16(18-14)17-13-8-6-4-3-5-7-9-13/h12-13H,2-11H2,1H3,(H,17,18). The third kappa shape index (κ3) is 6.04. The Labute approximate surface area is 131 Å². The average molecular weight is 310 g/mol. The molecule has 1 aromatic heterocycles. The molecule has 0 unspecified atom stereocenters. The molecule has 1 saturated carbocycles. The normalized spacial score (nSPS) is 17.0. The molecule has 5 heteroatoms. The molecule has 4 nitrogen and oxygen atoms in total. The van der Waals surface area contributed by atoms with Gasteiger partial charge in [0.15, 0.2) is 5.13 Å². The number of hydrogen-bond donors (Lipinski definition) is 1. The molecule has 118 valence electrons. The summed E-state index contributed by atoms with van der Waals surface area (Å²) in [5.74, 6) is -0.139. The number of nitrogens with zero attached hydrogens (tertiary/aromatic N) is 1. The molecule has 1 aliphatic carbocycles. The van der Waals surface area contributed by atoms with E-state index in [-0.39, 0.29) is 5.97 Å². The first-order valence-electron chi connectivity index (χ1n) is 8.14. The van der Waals surface area contributed by atoms with Crippen molar-refractivity contribution in [3.8, 4) is 0 Å². The summed E-state index contributed by atoms with van der Waals surface area (Å²) in [6.07, 6.45) is 10.3. The molecule has 0 aliphatic heterocycles. The Morgan fingerprint density at radius 1 is 1.33 bits per heavy atom. The van der Waals surface area contributed by atoms with E-state index in [2.05, 4.69) is 10.3 Å². The van der Waals surface area contributed by atoms with Crippen molar-refractivity contribution in [1.82, 2.24) is 4.98 Å². The van der Waals surface area contributed by atoms with Crippen LogP contribution in [-0.4, -0.2) is 23.6 Å². The van der Waals surface area contributed by atoms with Gasteiger partial charge in [-0.25, -0.2) is 4.98 Å². The van der Waals surface area contributed by atoms with Gasteiger partial charge in [0.2, 0.25) is 0 Å². The van der Waals surface area contributed by atoms with Crippen molar-refractivity contribution in [3.05, 3.63) is 11.1 Å². The van der Waals surface area contributed by atoms with E-state index in [4.69, 9.17) is 4.74 Å². The highest BCUT2D eigenvalue weighted by atomic mass is 32.1. The monoisotopic (exact) mass is 310 g/mol. The molecule has 0 radical (unpaired) electrons. The van der Waals surface area contributed by atoms with Crippen LogP contribution in [0.15, 0.2) is 5.38 Å². The van der Waals surface area contributed by atoms with Gasteiger partial charge >= 0.3 is 5.97 Å². The Hall–Kier alpha value is -1.10.